The first kappa shape index (κ1) is 45.5. The van der Waals surface area contributed by atoms with Gasteiger partial charge in [0.15, 0.2) is 0 Å². The van der Waals surface area contributed by atoms with Crippen LogP contribution in [0.5, 0.6) is 0 Å². The maximum atomic E-state index is 11.3. The van der Waals surface area contributed by atoms with Crippen molar-refractivity contribution in [1.29, 1.82) is 0 Å². The quantitative estimate of drug-likeness (QED) is 0.0318. The number of ether oxygens (including phenoxy) is 2. The van der Waals surface area contributed by atoms with Crippen molar-refractivity contribution >= 4 is 45.2 Å². The van der Waals surface area contributed by atoms with E-state index >= 15 is 0 Å². The largest absolute Gasteiger partial charge is 0.744 e. The highest BCUT2D eigenvalue weighted by atomic mass is 32.2. The molecule has 0 spiro atoms. The van der Waals surface area contributed by atoms with Gasteiger partial charge in [-0.3, -0.25) is 0 Å². The van der Waals surface area contributed by atoms with Crippen molar-refractivity contribution in [2.24, 2.45) is 0 Å². The monoisotopic (exact) mass is 788 g/mol. The molecule has 0 N–H and O–H groups in total. The van der Waals surface area contributed by atoms with Gasteiger partial charge < -0.3 is 14.0 Å². The number of hydrogen-bond donors (Lipinski definition) is 0. The predicted octanol–water partition coefficient (Wildman–Crippen LogP) is 10.4. The van der Waals surface area contributed by atoms with Crippen LogP contribution >= 0.6 is 7.26 Å². The van der Waals surface area contributed by atoms with Crippen LogP contribution in [0.4, 0.5) is 0 Å². The van der Waals surface area contributed by atoms with Crippen molar-refractivity contribution in [3.05, 3.63) is 120 Å². The molecule has 0 saturated carbocycles. The Balaban J connectivity index is 0.000000378. The minimum Gasteiger partial charge on any atom is -0.744 e. The molecule has 55 heavy (non-hydrogen) atoms. The molecule has 0 fully saturated rings. The summed E-state index contributed by atoms with van der Waals surface area (Å²) in [4.78, 5) is 21.9. The summed E-state index contributed by atoms with van der Waals surface area (Å²) in [6, 6.07) is 36.8. The zero-order valence-electron chi connectivity index (χ0n) is 33.1. The van der Waals surface area contributed by atoms with Gasteiger partial charge in [0.25, 0.3) is 0 Å². The van der Waals surface area contributed by atoms with Crippen molar-refractivity contribution in [3.8, 4) is 0 Å². The summed E-state index contributed by atoms with van der Waals surface area (Å²) in [5.74, 6) is -1.74. The number of hydrogen-bond acceptors (Lipinski definition) is 7. The maximum absolute atomic E-state index is 11.3. The predicted molar refractivity (Wildman–Crippen MR) is 227 cm³/mol. The van der Waals surface area contributed by atoms with E-state index in [9.17, 15) is 22.6 Å². The number of carbonyl (C=O) groups excluding carboxylic acids is 2. The van der Waals surface area contributed by atoms with Crippen molar-refractivity contribution in [1.82, 2.24) is 0 Å². The lowest BCUT2D eigenvalue weighted by molar-refractivity contribution is 0.0598. The molecule has 0 bridgehead atoms. The summed E-state index contributed by atoms with van der Waals surface area (Å²) >= 11 is 0. The van der Waals surface area contributed by atoms with Gasteiger partial charge in [-0.2, -0.15) is 0 Å². The number of methoxy groups -OCH3 is 2. The average molecular weight is 789 g/mol. The van der Waals surface area contributed by atoms with Gasteiger partial charge in [-0.1, -0.05) is 151 Å². The smallest absolute Gasteiger partial charge is 0.337 e. The summed E-state index contributed by atoms with van der Waals surface area (Å²) in [6.07, 6.45) is 24.0. The van der Waals surface area contributed by atoms with Crippen molar-refractivity contribution < 1.29 is 32.0 Å². The van der Waals surface area contributed by atoms with Crippen molar-refractivity contribution in [3.63, 3.8) is 0 Å². The minimum absolute atomic E-state index is 0.227. The Labute approximate surface area is 331 Å². The highest BCUT2D eigenvalue weighted by Crippen LogP contribution is 2.56. The van der Waals surface area contributed by atoms with Gasteiger partial charge >= 0.3 is 11.9 Å². The van der Waals surface area contributed by atoms with Crippen molar-refractivity contribution in [2.75, 3.05) is 20.4 Å². The van der Waals surface area contributed by atoms with E-state index < -0.39 is 34.2 Å². The summed E-state index contributed by atoms with van der Waals surface area (Å²) in [5.41, 5.74) is -0.454. The Hall–Kier alpha value is -3.84. The Morgan fingerprint density at radius 1 is 0.509 bits per heavy atom. The highest BCUT2D eigenvalue weighted by molar-refractivity contribution is 7.95. The van der Waals surface area contributed by atoms with Gasteiger partial charge in [0.05, 0.1) is 36.4 Å². The van der Waals surface area contributed by atoms with Crippen LogP contribution in [0.25, 0.3) is 0 Å². The molecule has 0 aliphatic rings. The molecule has 0 aromatic heterocycles. The van der Waals surface area contributed by atoms with Gasteiger partial charge in [0.2, 0.25) is 0 Å². The molecular weight excluding hydrogens is 728 g/mol. The third-order valence-corrected chi connectivity index (χ3v) is 15.3. The number of rotatable bonds is 23. The minimum atomic E-state index is -4.80. The first-order valence-electron chi connectivity index (χ1n) is 20.0. The van der Waals surface area contributed by atoms with E-state index in [4.69, 9.17) is 0 Å². The van der Waals surface area contributed by atoms with Crippen molar-refractivity contribution in [2.45, 2.75) is 115 Å². The van der Waals surface area contributed by atoms with Gasteiger partial charge in [0.1, 0.15) is 33.3 Å². The Morgan fingerprint density at radius 2 is 0.818 bits per heavy atom. The zero-order valence-corrected chi connectivity index (χ0v) is 34.8. The molecule has 0 saturated heterocycles. The second-order valence-electron chi connectivity index (χ2n) is 14.0. The highest BCUT2D eigenvalue weighted by Gasteiger charge is 2.44. The van der Waals surface area contributed by atoms with E-state index in [2.05, 4.69) is 107 Å². The van der Waals surface area contributed by atoms with E-state index in [0.717, 1.165) is 32.4 Å². The molecule has 0 atom stereocenters. The number of benzene rings is 4. The van der Waals surface area contributed by atoms with E-state index in [1.807, 2.05) is 0 Å². The third-order valence-electron chi connectivity index (χ3n) is 9.98. The molecule has 0 heterocycles. The number of unbranched alkanes of at least 4 members (excludes halogenated alkanes) is 15. The lowest BCUT2D eigenvalue weighted by Gasteiger charge is -2.27. The molecule has 0 radical (unpaired) electrons. The molecule has 7 nitrogen and oxygen atoms in total. The molecule has 0 unspecified atom stereocenters. The van der Waals surface area contributed by atoms with Gasteiger partial charge in [-0.25, -0.2) is 18.0 Å². The van der Waals surface area contributed by atoms with E-state index in [1.54, 1.807) is 0 Å². The molecule has 0 aliphatic carbocycles. The summed E-state index contributed by atoms with van der Waals surface area (Å²) in [6.45, 7) is 2.30. The molecule has 4 aromatic carbocycles. The normalized spacial score (nSPS) is 11.3. The summed E-state index contributed by atoms with van der Waals surface area (Å²) in [7, 11) is -4.27. The molecule has 4 rings (SSSR count). The first-order valence-corrected chi connectivity index (χ1v) is 23.4. The topological polar surface area (TPSA) is 110 Å². The van der Waals surface area contributed by atoms with E-state index in [-0.39, 0.29) is 11.1 Å². The summed E-state index contributed by atoms with van der Waals surface area (Å²) < 4.78 is 41.5. The van der Waals surface area contributed by atoms with Crippen LogP contribution in [0.2, 0.25) is 0 Å². The SMILES string of the molecule is CCCCCCCCCCCCCCCCCC[P+](c1ccccc1)(c1ccccc1)c1ccccc1.COC(=O)c1cc(C(=O)OC)cc(S(=O)(=O)[O-])c1. The van der Waals surface area contributed by atoms with Crippen LogP contribution in [0.15, 0.2) is 114 Å². The second-order valence-corrected chi connectivity index (χ2v) is 19.0. The van der Waals surface area contributed by atoms with Gasteiger partial charge in [-0.15, -0.1) is 0 Å². The van der Waals surface area contributed by atoms with E-state index in [1.165, 1.54) is 125 Å². The van der Waals surface area contributed by atoms with Gasteiger partial charge in [0, 0.05) is 0 Å². The molecule has 0 amide bonds. The Kier molecular flexibility index (Phi) is 21.0. The molecular formula is C46H61O7PS. The molecule has 0 aliphatic heterocycles. The fraction of sp³-hybridized carbons (Fsp3) is 0.435. The second kappa shape index (κ2) is 25.3. The molecule has 4 aromatic rings. The van der Waals surface area contributed by atoms with Gasteiger partial charge in [-0.05, 0) is 67.4 Å². The molecule has 298 valence electrons. The standard InChI is InChI=1S/C36H52P.C10H10O7S/c1-2-3-4-5-6-7-8-9-10-11-12-13-14-15-16-26-33-37(34-27-20-17-21-28-34,35-29-22-18-23-30-35)36-31-24-19-25-32-36;1-16-9(11)6-3-7(10(12)17-2)5-8(4-6)18(13,14)15/h17-25,27-32H,2-16,26,33H2,1H3;3-5H,1-2H3,(H,13,14,15)/q+1;/p-1. The van der Waals surface area contributed by atoms with Crippen LogP contribution in [0, 0.1) is 0 Å². The summed E-state index contributed by atoms with van der Waals surface area (Å²) in [5, 5.41) is 4.56. The first-order chi connectivity index (χ1) is 26.7. The fourth-order valence-corrected chi connectivity index (χ4v) is 11.9. The van der Waals surface area contributed by atoms with Crippen LogP contribution in [0.3, 0.4) is 0 Å². The van der Waals surface area contributed by atoms with Crippen LogP contribution in [0.1, 0.15) is 130 Å². The fourth-order valence-electron chi connectivity index (χ4n) is 6.99. The Morgan fingerprint density at radius 3 is 1.11 bits per heavy atom. The average Bonchev–Trinajstić information content (AvgIpc) is 3.22. The maximum Gasteiger partial charge on any atom is 0.337 e. The number of esters is 2. The van der Waals surface area contributed by atoms with Crippen LogP contribution < -0.4 is 15.9 Å². The van der Waals surface area contributed by atoms with Crippen LogP contribution in [-0.4, -0.2) is 45.3 Å². The molecule has 9 heteroatoms. The lowest BCUT2D eigenvalue weighted by Crippen LogP contribution is -2.33. The third kappa shape index (κ3) is 15.3. The lowest BCUT2D eigenvalue weighted by atomic mass is 10.0. The van der Waals surface area contributed by atoms with Crippen LogP contribution in [-0.2, 0) is 19.6 Å². The zero-order chi connectivity index (χ0) is 39.8. The number of carbonyl (C=O) groups is 2. The van der Waals surface area contributed by atoms with E-state index in [0.29, 0.717) is 0 Å². The Bertz CT molecular complexity index is 1650.